The number of rotatable bonds is 8. The van der Waals surface area contributed by atoms with Crippen molar-refractivity contribution in [2.75, 3.05) is 32.6 Å². The summed E-state index contributed by atoms with van der Waals surface area (Å²) in [6, 6.07) is 11.0. The number of hydrogen-bond donors (Lipinski definition) is 2. The van der Waals surface area contributed by atoms with E-state index < -0.39 is 0 Å². The molecule has 1 heterocycles. The number of halogens is 1. The van der Waals surface area contributed by atoms with Gasteiger partial charge in [0.1, 0.15) is 17.3 Å². The first-order chi connectivity index (χ1) is 16.0. The normalized spacial score (nSPS) is 17.9. The highest BCUT2D eigenvalue weighted by atomic mass is 19.1. The largest absolute Gasteiger partial charge is 0.497 e. The summed E-state index contributed by atoms with van der Waals surface area (Å²) in [6.07, 6.45) is 3.05. The third-order valence-electron chi connectivity index (χ3n) is 5.94. The number of carbonyl (C=O) groups excluding carboxylic acids is 2. The minimum atomic E-state index is -0.384. The average Bonchev–Trinajstić information content (AvgIpc) is 2.84. The third kappa shape index (κ3) is 6.15. The lowest BCUT2D eigenvalue weighted by molar-refractivity contribution is -0.121. The summed E-state index contributed by atoms with van der Waals surface area (Å²) in [6.45, 7) is 2.90. The van der Waals surface area contributed by atoms with Crippen LogP contribution in [0, 0.1) is 11.7 Å². The highest BCUT2D eigenvalue weighted by molar-refractivity contribution is 5.94. The summed E-state index contributed by atoms with van der Waals surface area (Å²) in [5.74, 6) is 0.239. The number of unbranched alkanes of at least 4 members (excludes halogenated alkanes) is 1. The van der Waals surface area contributed by atoms with Crippen LogP contribution < -0.4 is 20.1 Å². The molecule has 0 unspecified atom stereocenters. The zero-order valence-electron chi connectivity index (χ0n) is 19.4. The molecule has 2 aromatic rings. The maximum atomic E-state index is 13.4. The standard InChI is InChI=1S/C25H32FN3O4/c1-4-5-14-27-25(31)29-16-18(8-13-22(29)17-6-9-19(26)10-7-17)24(30)28-21-12-11-20(32-2)15-23(21)33-3/h6-7,9-12,15,18,22H,4-5,8,13-14,16H2,1-3H3,(H,27,31)(H,28,30)/t18-,22-/m0/s1. The van der Waals surface area contributed by atoms with E-state index in [0.717, 1.165) is 18.4 Å². The van der Waals surface area contributed by atoms with E-state index in [0.29, 0.717) is 36.6 Å². The molecule has 0 aromatic heterocycles. The van der Waals surface area contributed by atoms with Crippen molar-refractivity contribution in [3.05, 3.63) is 53.8 Å². The minimum absolute atomic E-state index is 0.178. The fraction of sp³-hybridized carbons (Fsp3) is 0.440. The molecule has 33 heavy (non-hydrogen) atoms. The molecular formula is C25H32FN3O4. The van der Waals surface area contributed by atoms with E-state index in [1.54, 1.807) is 42.3 Å². The first kappa shape index (κ1) is 24.4. The van der Waals surface area contributed by atoms with Gasteiger partial charge in [0.15, 0.2) is 0 Å². The van der Waals surface area contributed by atoms with Gasteiger partial charge in [0.05, 0.1) is 31.9 Å². The van der Waals surface area contributed by atoms with Crippen molar-refractivity contribution < 1.29 is 23.5 Å². The predicted octanol–water partition coefficient (Wildman–Crippen LogP) is 4.74. The summed E-state index contributed by atoms with van der Waals surface area (Å²) >= 11 is 0. The van der Waals surface area contributed by atoms with E-state index in [9.17, 15) is 14.0 Å². The van der Waals surface area contributed by atoms with Crippen LogP contribution in [-0.4, -0.2) is 44.1 Å². The van der Waals surface area contributed by atoms with Crippen LogP contribution in [0.15, 0.2) is 42.5 Å². The lowest BCUT2D eigenvalue weighted by Crippen LogP contribution is -2.49. The molecule has 0 spiro atoms. The second kappa shape index (κ2) is 11.5. The topological polar surface area (TPSA) is 79.9 Å². The molecule has 0 aliphatic carbocycles. The van der Waals surface area contributed by atoms with Gasteiger partial charge in [-0.15, -0.1) is 0 Å². The molecule has 3 rings (SSSR count). The van der Waals surface area contributed by atoms with Gasteiger partial charge in [-0.05, 0) is 49.1 Å². The number of nitrogens with one attached hydrogen (secondary N) is 2. The molecular weight excluding hydrogens is 425 g/mol. The van der Waals surface area contributed by atoms with Crippen molar-refractivity contribution in [1.29, 1.82) is 0 Å². The van der Waals surface area contributed by atoms with Crippen LogP contribution in [0.3, 0.4) is 0 Å². The van der Waals surface area contributed by atoms with E-state index in [4.69, 9.17) is 9.47 Å². The molecule has 3 amide bonds. The summed E-state index contributed by atoms with van der Waals surface area (Å²) in [5.41, 5.74) is 1.40. The molecule has 8 heteroatoms. The Morgan fingerprint density at radius 2 is 1.85 bits per heavy atom. The lowest BCUT2D eigenvalue weighted by Gasteiger charge is -2.39. The van der Waals surface area contributed by atoms with Gasteiger partial charge in [-0.25, -0.2) is 9.18 Å². The molecule has 7 nitrogen and oxygen atoms in total. The Bertz CT molecular complexity index is 951. The van der Waals surface area contributed by atoms with Crippen molar-refractivity contribution >= 4 is 17.6 Å². The van der Waals surface area contributed by atoms with Gasteiger partial charge in [-0.3, -0.25) is 4.79 Å². The van der Waals surface area contributed by atoms with E-state index in [1.165, 1.54) is 19.2 Å². The monoisotopic (exact) mass is 457 g/mol. The number of anilines is 1. The zero-order valence-corrected chi connectivity index (χ0v) is 19.4. The number of hydrogen-bond acceptors (Lipinski definition) is 4. The maximum absolute atomic E-state index is 13.4. The van der Waals surface area contributed by atoms with E-state index >= 15 is 0 Å². The zero-order chi connectivity index (χ0) is 23.8. The smallest absolute Gasteiger partial charge is 0.317 e. The van der Waals surface area contributed by atoms with Gasteiger partial charge in [0, 0.05) is 19.2 Å². The second-order valence-electron chi connectivity index (χ2n) is 8.13. The van der Waals surface area contributed by atoms with Gasteiger partial charge in [0.25, 0.3) is 0 Å². The predicted molar refractivity (Wildman–Crippen MR) is 125 cm³/mol. The van der Waals surface area contributed by atoms with Gasteiger partial charge in [0.2, 0.25) is 5.91 Å². The summed E-state index contributed by atoms with van der Waals surface area (Å²) in [4.78, 5) is 27.8. The van der Waals surface area contributed by atoms with Crippen LogP contribution in [-0.2, 0) is 4.79 Å². The molecule has 1 saturated heterocycles. The lowest BCUT2D eigenvalue weighted by atomic mass is 9.88. The number of ether oxygens (including phenoxy) is 2. The Kier molecular flexibility index (Phi) is 8.52. The molecule has 0 bridgehead atoms. The fourth-order valence-corrected chi connectivity index (χ4v) is 4.05. The van der Waals surface area contributed by atoms with Crippen LogP contribution in [0.25, 0.3) is 0 Å². The van der Waals surface area contributed by atoms with Gasteiger partial charge in [-0.2, -0.15) is 0 Å². The Labute approximate surface area is 194 Å². The number of urea groups is 1. The van der Waals surface area contributed by atoms with Crippen LogP contribution in [0.2, 0.25) is 0 Å². The number of nitrogens with zero attached hydrogens (tertiary/aromatic N) is 1. The molecule has 2 aromatic carbocycles. The SMILES string of the molecule is CCCCNC(=O)N1C[C@@H](C(=O)Nc2ccc(OC)cc2OC)CC[C@H]1c1ccc(F)cc1. The number of amides is 3. The highest BCUT2D eigenvalue weighted by Crippen LogP contribution is 2.35. The summed E-state index contributed by atoms with van der Waals surface area (Å²) < 4.78 is 24.0. The second-order valence-corrected chi connectivity index (χ2v) is 8.13. The average molecular weight is 458 g/mol. The fourth-order valence-electron chi connectivity index (χ4n) is 4.05. The van der Waals surface area contributed by atoms with Crippen molar-refractivity contribution in [3.63, 3.8) is 0 Å². The molecule has 178 valence electrons. The molecule has 2 atom stereocenters. The first-order valence-electron chi connectivity index (χ1n) is 11.3. The number of benzene rings is 2. The minimum Gasteiger partial charge on any atom is -0.497 e. The number of carbonyl (C=O) groups is 2. The van der Waals surface area contributed by atoms with E-state index in [-0.39, 0.29) is 36.3 Å². The number of likely N-dealkylation sites (tertiary alicyclic amines) is 1. The van der Waals surface area contributed by atoms with E-state index in [1.807, 2.05) is 0 Å². The van der Waals surface area contributed by atoms with Gasteiger partial charge >= 0.3 is 6.03 Å². The summed E-state index contributed by atoms with van der Waals surface area (Å²) in [7, 11) is 3.09. The van der Waals surface area contributed by atoms with Crippen LogP contribution in [0.4, 0.5) is 14.9 Å². The molecule has 0 radical (unpaired) electrons. The number of piperidine rings is 1. The Morgan fingerprint density at radius 3 is 2.52 bits per heavy atom. The maximum Gasteiger partial charge on any atom is 0.317 e. The Balaban J connectivity index is 1.76. The Morgan fingerprint density at radius 1 is 1.09 bits per heavy atom. The summed E-state index contributed by atoms with van der Waals surface area (Å²) in [5, 5.41) is 5.88. The van der Waals surface area contributed by atoms with Gasteiger partial charge in [-0.1, -0.05) is 25.5 Å². The molecule has 1 fully saturated rings. The van der Waals surface area contributed by atoms with Gasteiger partial charge < -0.3 is 25.0 Å². The molecule has 1 aliphatic rings. The quantitative estimate of drug-likeness (QED) is 0.561. The van der Waals surface area contributed by atoms with Crippen molar-refractivity contribution in [3.8, 4) is 11.5 Å². The van der Waals surface area contributed by atoms with Crippen molar-refractivity contribution in [2.45, 2.75) is 38.6 Å². The Hall–Kier alpha value is -3.29. The first-order valence-corrected chi connectivity index (χ1v) is 11.3. The van der Waals surface area contributed by atoms with Crippen molar-refractivity contribution in [2.24, 2.45) is 5.92 Å². The van der Waals surface area contributed by atoms with Crippen molar-refractivity contribution in [1.82, 2.24) is 10.2 Å². The third-order valence-corrected chi connectivity index (χ3v) is 5.94. The van der Waals surface area contributed by atoms with Crippen LogP contribution in [0.5, 0.6) is 11.5 Å². The van der Waals surface area contributed by atoms with E-state index in [2.05, 4.69) is 17.6 Å². The van der Waals surface area contributed by atoms with Crippen LogP contribution in [0.1, 0.15) is 44.2 Å². The molecule has 2 N–H and O–H groups in total. The highest BCUT2D eigenvalue weighted by Gasteiger charge is 2.35. The number of methoxy groups -OCH3 is 2. The van der Waals surface area contributed by atoms with Crippen LogP contribution >= 0.6 is 0 Å². The molecule has 1 aliphatic heterocycles. The molecule has 0 saturated carbocycles.